The van der Waals surface area contributed by atoms with E-state index in [1.165, 1.54) is 25.1 Å². The molecule has 2 aromatic carbocycles. The number of halogens is 5. The zero-order valence-electron chi connectivity index (χ0n) is 24.0. The number of piperidine rings is 1. The van der Waals surface area contributed by atoms with Crippen molar-refractivity contribution in [3.05, 3.63) is 62.6 Å². The van der Waals surface area contributed by atoms with Gasteiger partial charge >= 0.3 is 6.18 Å². The van der Waals surface area contributed by atoms with Crippen LogP contribution in [-0.2, 0) is 39.1 Å². The van der Waals surface area contributed by atoms with Gasteiger partial charge in [-0.1, -0.05) is 30.1 Å². The van der Waals surface area contributed by atoms with Gasteiger partial charge in [0.1, 0.15) is 0 Å². The number of amides is 1. The Balaban J connectivity index is 1.80. The minimum Gasteiger partial charge on any atom is -0.348 e. The van der Waals surface area contributed by atoms with E-state index in [1.54, 1.807) is 23.9 Å². The summed E-state index contributed by atoms with van der Waals surface area (Å²) in [6, 6.07) is 5.46. The van der Waals surface area contributed by atoms with Gasteiger partial charge < -0.3 is 10.2 Å². The van der Waals surface area contributed by atoms with Crippen LogP contribution in [0.5, 0.6) is 0 Å². The third kappa shape index (κ3) is 10.0. The summed E-state index contributed by atoms with van der Waals surface area (Å²) in [4.78, 5) is 16.3. The number of benzene rings is 2. The number of nitrogens with one attached hydrogen (secondary N) is 2. The summed E-state index contributed by atoms with van der Waals surface area (Å²) in [5.41, 5.74) is -1.48. The van der Waals surface area contributed by atoms with Crippen molar-refractivity contribution in [3.63, 3.8) is 0 Å². The maximum absolute atomic E-state index is 14.2. The van der Waals surface area contributed by atoms with E-state index in [4.69, 9.17) is 23.2 Å². The van der Waals surface area contributed by atoms with E-state index in [-0.39, 0.29) is 62.8 Å². The molecule has 0 saturated carbocycles. The first-order valence-corrected chi connectivity index (χ1v) is 17.5. The molecule has 1 fully saturated rings. The number of sulfone groups is 1. The van der Waals surface area contributed by atoms with E-state index in [9.17, 15) is 34.8 Å². The molecule has 1 amide bonds. The standard InChI is InChI=1S/C27H35Cl2F3N4O5S2/c1-4-42(38,39)25-8-7-20(28)12-19(25)15-33-26(37)18-13-23(27(30,31)32)22(24(29)14-18)17-36-9-5-6-21(16-36)34-43(40,41)11-10-35(2)3/h7-8,12-14,21,34H,4-6,9-11,15-17H2,1-3H3,(H,33,37)/t21-/m0/s1. The van der Waals surface area contributed by atoms with Crippen LogP contribution in [0.1, 0.15) is 46.8 Å². The summed E-state index contributed by atoms with van der Waals surface area (Å²) < 4.78 is 95.1. The lowest BCUT2D eigenvalue weighted by Gasteiger charge is -2.34. The van der Waals surface area contributed by atoms with Gasteiger partial charge in [-0.15, -0.1) is 0 Å². The molecule has 16 heteroatoms. The van der Waals surface area contributed by atoms with Gasteiger partial charge in [0.25, 0.3) is 5.91 Å². The molecule has 2 N–H and O–H groups in total. The van der Waals surface area contributed by atoms with Crippen molar-refractivity contribution in [2.24, 2.45) is 0 Å². The Labute approximate surface area is 260 Å². The van der Waals surface area contributed by atoms with Gasteiger partial charge in [-0.2, -0.15) is 13.2 Å². The fourth-order valence-corrected chi connectivity index (χ4v) is 7.75. The second-order valence-electron chi connectivity index (χ2n) is 10.6. The van der Waals surface area contributed by atoms with Gasteiger partial charge in [-0.3, -0.25) is 9.69 Å². The zero-order chi connectivity index (χ0) is 32.2. The van der Waals surface area contributed by atoms with Crippen LogP contribution in [0, 0.1) is 0 Å². The highest BCUT2D eigenvalue weighted by Crippen LogP contribution is 2.37. The predicted octanol–water partition coefficient (Wildman–Crippen LogP) is 4.18. The highest BCUT2D eigenvalue weighted by atomic mass is 35.5. The second kappa shape index (κ2) is 14.4. The summed E-state index contributed by atoms with van der Waals surface area (Å²) in [5.74, 6) is -1.18. The van der Waals surface area contributed by atoms with Gasteiger partial charge in [0, 0.05) is 47.8 Å². The first-order chi connectivity index (χ1) is 19.9. The summed E-state index contributed by atoms with van der Waals surface area (Å²) in [6.45, 7) is 1.92. The third-order valence-corrected chi connectivity index (χ3v) is 10.8. The molecular weight excluding hydrogens is 652 g/mol. The average molecular weight is 688 g/mol. The molecule has 9 nitrogen and oxygen atoms in total. The topological polar surface area (TPSA) is 116 Å². The smallest absolute Gasteiger partial charge is 0.348 e. The lowest BCUT2D eigenvalue weighted by atomic mass is 10.00. The molecular formula is C27H35Cl2F3N4O5S2. The number of likely N-dealkylation sites (tertiary alicyclic amines) is 1. The minimum absolute atomic E-state index is 0.0381. The van der Waals surface area contributed by atoms with Gasteiger partial charge in [0.15, 0.2) is 9.84 Å². The van der Waals surface area contributed by atoms with Gasteiger partial charge in [0.05, 0.1) is 22.0 Å². The van der Waals surface area contributed by atoms with E-state index in [2.05, 4.69) is 10.0 Å². The number of nitrogens with zero attached hydrogens (tertiary/aromatic N) is 2. The van der Waals surface area contributed by atoms with Gasteiger partial charge in [-0.25, -0.2) is 21.6 Å². The number of hydrogen-bond acceptors (Lipinski definition) is 7. The Bertz CT molecular complexity index is 1540. The Morgan fingerprint density at radius 3 is 2.44 bits per heavy atom. The molecule has 0 radical (unpaired) electrons. The second-order valence-corrected chi connectivity index (χ2v) is 15.6. The Kier molecular flexibility index (Phi) is 11.9. The van der Waals surface area contributed by atoms with E-state index in [0.29, 0.717) is 32.0 Å². The largest absolute Gasteiger partial charge is 0.416 e. The van der Waals surface area contributed by atoms with Crippen molar-refractivity contribution in [1.29, 1.82) is 0 Å². The van der Waals surface area contributed by atoms with Gasteiger partial charge in [-0.05, 0) is 74.9 Å². The fraction of sp³-hybridized carbons (Fsp3) is 0.519. The van der Waals surface area contributed by atoms with Gasteiger partial charge in [0.2, 0.25) is 10.0 Å². The van der Waals surface area contributed by atoms with Crippen LogP contribution in [0.15, 0.2) is 35.2 Å². The Hall–Kier alpha value is -1.94. The van der Waals surface area contributed by atoms with Crippen molar-refractivity contribution in [2.75, 3.05) is 45.2 Å². The molecule has 0 spiro atoms. The number of rotatable bonds is 12. The zero-order valence-corrected chi connectivity index (χ0v) is 27.1. The van der Waals surface area contributed by atoms with Crippen LogP contribution >= 0.6 is 23.2 Å². The van der Waals surface area contributed by atoms with E-state index in [1.807, 2.05) is 0 Å². The monoisotopic (exact) mass is 686 g/mol. The van der Waals surface area contributed by atoms with Crippen LogP contribution in [0.2, 0.25) is 10.0 Å². The van der Waals surface area contributed by atoms with Crippen molar-refractivity contribution < 1.29 is 34.8 Å². The van der Waals surface area contributed by atoms with Crippen LogP contribution in [0.3, 0.4) is 0 Å². The molecule has 0 aliphatic carbocycles. The Morgan fingerprint density at radius 1 is 1.12 bits per heavy atom. The van der Waals surface area contributed by atoms with Crippen molar-refractivity contribution >= 4 is 49.0 Å². The fourth-order valence-electron chi connectivity index (χ4n) is 4.74. The summed E-state index contributed by atoms with van der Waals surface area (Å²) in [7, 11) is -3.73. The maximum Gasteiger partial charge on any atom is 0.416 e. The lowest BCUT2D eigenvalue weighted by Crippen LogP contribution is -2.48. The number of alkyl halides is 3. The van der Waals surface area contributed by atoms with E-state index >= 15 is 0 Å². The quantitative estimate of drug-likeness (QED) is 0.344. The SMILES string of the molecule is CCS(=O)(=O)c1ccc(Cl)cc1CNC(=O)c1cc(Cl)c(CN2CCC[C@H](NS(=O)(=O)CCN(C)C)C2)c(C(F)(F)F)c1. The van der Waals surface area contributed by atoms with Crippen LogP contribution < -0.4 is 10.0 Å². The first-order valence-electron chi connectivity index (χ1n) is 13.5. The molecule has 1 atom stereocenters. The number of carbonyl (C=O) groups is 1. The molecule has 1 heterocycles. The lowest BCUT2D eigenvalue weighted by molar-refractivity contribution is -0.138. The number of carbonyl (C=O) groups excluding carboxylic acids is 1. The highest BCUT2D eigenvalue weighted by molar-refractivity contribution is 7.91. The molecule has 3 rings (SSSR count). The van der Waals surface area contributed by atoms with E-state index < -0.39 is 43.5 Å². The van der Waals surface area contributed by atoms with Crippen LogP contribution in [-0.4, -0.2) is 83.8 Å². The summed E-state index contributed by atoms with van der Waals surface area (Å²) >= 11 is 12.3. The normalized spacial score (nSPS) is 16.9. The molecule has 1 aliphatic rings. The van der Waals surface area contributed by atoms with Crippen molar-refractivity contribution in [3.8, 4) is 0 Å². The first kappa shape index (κ1) is 35.5. The van der Waals surface area contributed by atoms with E-state index in [0.717, 1.165) is 6.07 Å². The molecule has 0 bridgehead atoms. The minimum atomic E-state index is -4.84. The summed E-state index contributed by atoms with van der Waals surface area (Å²) in [5, 5.41) is 2.42. The Morgan fingerprint density at radius 2 is 1.81 bits per heavy atom. The van der Waals surface area contributed by atoms with Crippen molar-refractivity contribution in [1.82, 2.24) is 19.8 Å². The third-order valence-electron chi connectivity index (χ3n) is 6.98. The average Bonchev–Trinajstić information content (AvgIpc) is 2.91. The molecule has 2 aromatic rings. The molecule has 43 heavy (non-hydrogen) atoms. The van der Waals surface area contributed by atoms with Crippen LogP contribution in [0.4, 0.5) is 13.2 Å². The number of sulfonamides is 1. The number of hydrogen-bond donors (Lipinski definition) is 2. The molecule has 0 aromatic heterocycles. The van der Waals surface area contributed by atoms with Crippen molar-refractivity contribution in [2.45, 2.75) is 50.0 Å². The predicted molar refractivity (Wildman–Crippen MR) is 161 cm³/mol. The summed E-state index contributed by atoms with van der Waals surface area (Å²) in [6.07, 6.45) is -3.72. The maximum atomic E-state index is 14.2. The highest BCUT2D eigenvalue weighted by Gasteiger charge is 2.36. The molecule has 1 aliphatic heterocycles. The molecule has 240 valence electrons. The molecule has 1 saturated heterocycles. The van der Waals surface area contributed by atoms with Crippen LogP contribution in [0.25, 0.3) is 0 Å². The molecule has 0 unspecified atom stereocenters.